The van der Waals surface area contributed by atoms with Gasteiger partial charge in [0.25, 0.3) is 0 Å². The minimum Gasteiger partial charge on any atom is -0.463 e. The summed E-state index contributed by atoms with van der Waals surface area (Å²) in [6.45, 7) is 2.64. The van der Waals surface area contributed by atoms with Crippen molar-refractivity contribution in [3.05, 3.63) is 108 Å². The fourth-order valence-corrected chi connectivity index (χ4v) is 5.06. The van der Waals surface area contributed by atoms with Gasteiger partial charge in [0.15, 0.2) is 0 Å². The Kier molecular flexibility index (Phi) is 10.3. The molecule has 190 valence electrons. The summed E-state index contributed by atoms with van der Waals surface area (Å²) in [6.07, 6.45) is -1.87. The standard InChI is InChI=1S/C29H31IO6/c1-21(31)32-20-25-26(33-17-22-11-5-2-6-12-22)27(34-18-23-13-7-3-8-14-23)28(29(30)36-25)35-19-24-15-9-4-10-16-24/h2-16,25-29H,17-20H2,1H3/t25-,26-,27+,28+,29+/m1/s1. The first kappa shape index (κ1) is 26.8. The molecular weight excluding hydrogens is 571 g/mol. The first-order chi connectivity index (χ1) is 17.6. The zero-order valence-electron chi connectivity index (χ0n) is 20.2. The molecule has 1 aliphatic heterocycles. The van der Waals surface area contributed by atoms with Gasteiger partial charge < -0.3 is 23.7 Å². The lowest BCUT2D eigenvalue weighted by atomic mass is 9.99. The summed E-state index contributed by atoms with van der Waals surface area (Å²) in [4.78, 5) is 11.6. The lowest BCUT2D eigenvalue weighted by Crippen LogP contribution is -2.59. The summed E-state index contributed by atoms with van der Waals surface area (Å²) < 4.78 is 30.6. The third-order valence-corrected chi connectivity index (χ3v) is 6.89. The van der Waals surface area contributed by atoms with Crippen molar-refractivity contribution in [2.24, 2.45) is 0 Å². The van der Waals surface area contributed by atoms with E-state index in [0.717, 1.165) is 16.7 Å². The van der Waals surface area contributed by atoms with Crippen LogP contribution in [-0.2, 0) is 48.3 Å². The van der Waals surface area contributed by atoms with Crippen LogP contribution in [0.2, 0.25) is 0 Å². The molecule has 0 amide bonds. The van der Waals surface area contributed by atoms with Gasteiger partial charge in [-0.1, -0.05) is 91.0 Å². The zero-order valence-corrected chi connectivity index (χ0v) is 22.4. The van der Waals surface area contributed by atoms with E-state index < -0.39 is 24.4 Å². The van der Waals surface area contributed by atoms with Gasteiger partial charge in [-0.2, -0.15) is 0 Å². The minimum atomic E-state index is -0.514. The highest BCUT2D eigenvalue weighted by Gasteiger charge is 2.47. The maximum atomic E-state index is 11.6. The predicted molar refractivity (Wildman–Crippen MR) is 144 cm³/mol. The summed E-state index contributed by atoms with van der Waals surface area (Å²) in [5, 5.41) is 0. The fraction of sp³-hybridized carbons (Fsp3) is 0.345. The normalized spacial score (nSPS) is 23.8. The van der Waals surface area contributed by atoms with Gasteiger partial charge in [0, 0.05) is 6.92 Å². The van der Waals surface area contributed by atoms with E-state index in [1.54, 1.807) is 0 Å². The Morgan fingerprint density at radius 2 is 1.11 bits per heavy atom. The average molecular weight is 602 g/mol. The van der Waals surface area contributed by atoms with Crippen LogP contribution in [0.3, 0.4) is 0 Å². The maximum Gasteiger partial charge on any atom is 0.302 e. The first-order valence-electron chi connectivity index (χ1n) is 12.0. The van der Waals surface area contributed by atoms with Crippen LogP contribution in [0.1, 0.15) is 23.6 Å². The Bertz CT molecular complexity index is 1050. The first-order valence-corrected chi connectivity index (χ1v) is 13.2. The Morgan fingerprint density at radius 1 is 0.694 bits per heavy atom. The predicted octanol–water partition coefficient (Wildman–Crippen LogP) is 5.47. The summed E-state index contributed by atoms with van der Waals surface area (Å²) in [5.74, 6) is -0.366. The second-order valence-electron chi connectivity index (χ2n) is 8.61. The molecule has 0 aliphatic carbocycles. The van der Waals surface area contributed by atoms with E-state index in [2.05, 4.69) is 22.6 Å². The molecule has 7 heteroatoms. The number of halogens is 1. The largest absolute Gasteiger partial charge is 0.463 e. The van der Waals surface area contributed by atoms with E-state index in [4.69, 9.17) is 23.7 Å². The molecule has 6 nitrogen and oxygen atoms in total. The van der Waals surface area contributed by atoms with Crippen molar-refractivity contribution in [2.75, 3.05) is 6.61 Å². The van der Waals surface area contributed by atoms with E-state index in [9.17, 15) is 4.79 Å². The van der Waals surface area contributed by atoms with Gasteiger partial charge in [0.1, 0.15) is 35.1 Å². The van der Waals surface area contributed by atoms with Crippen LogP contribution in [-0.4, -0.2) is 41.1 Å². The molecule has 0 saturated carbocycles. The number of benzene rings is 3. The molecule has 1 saturated heterocycles. The third-order valence-electron chi connectivity index (χ3n) is 5.88. The van der Waals surface area contributed by atoms with Gasteiger partial charge >= 0.3 is 5.97 Å². The molecule has 1 fully saturated rings. The van der Waals surface area contributed by atoms with Crippen LogP contribution in [0.25, 0.3) is 0 Å². The molecule has 4 rings (SSSR count). The number of hydrogen-bond acceptors (Lipinski definition) is 6. The molecule has 1 aliphatic rings. The Balaban J connectivity index is 1.57. The quantitative estimate of drug-likeness (QED) is 0.165. The molecule has 5 atom stereocenters. The van der Waals surface area contributed by atoms with E-state index in [-0.39, 0.29) is 16.7 Å². The highest BCUT2D eigenvalue weighted by Crippen LogP contribution is 2.33. The van der Waals surface area contributed by atoms with Crippen LogP contribution in [0.4, 0.5) is 0 Å². The van der Waals surface area contributed by atoms with Gasteiger partial charge in [0.05, 0.1) is 19.8 Å². The maximum absolute atomic E-state index is 11.6. The second kappa shape index (κ2) is 13.9. The summed E-state index contributed by atoms with van der Waals surface area (Å²) >= 11 is 2.23. The van der Waals surface area contributed by atoms with Gasteiger partial charge in [-0.3, -0.25) is 4.79 Å². The van der Waals surface area contributed by atoms with Crippen LogP contribution in [0, 0.1) is 0 Å². The van der Waals surface area contributed by atoms with Crippen molar-refractivity contribution >= 4 is 28.6 Å². The van der Waals surface area contributed by atoms with Gasteiger partial charge in [-0.05, 0) is 39.3 Å². The summed E-state index contributed by atoms with van der Waals surface area (Å²) in [7, 11) is 0. The van der Waals surface area contributed by atoms with Gasteiger partial charge in [-0.15, -0.1) is 0 Å². The van der Waals surface area contributed by atoms with Crippen LogP contribution in [0.15, 0.2) is 91.0 Å². The van der Waals surface area contributed by atoms with Crippen LogP contribution < -0.4 is 0 Å². The molecule has 0 unspecified atom stereocenters. The number of alkyl halides is 1. The fourth-order valence-electron chi connectivity index (χ4n) is 4.07. The second-order valence-corrected chi connectivity index (χ2v) is 9.84. The monoisotopic (exact) mass is 602 g/mol. The number of rotatable bonds is 11. The van der Waals surface area contributed by atoms with Crippen molar-refractivity contribution < 1.29 is 28.5 Å². The summed E-state index contributed by atoms with van der Waals surface area (Å²) in [6, 6.07) is 29.9. The summed E-state index contributed by atoms with van der Waals surface area (Å²) in [5.41, 5.74) is 3.14. The van der Waals surface area contributed by atoms with Crippen molar-refractivity contribution in [3.63, 3.8) is 0 Å². The van der Waals surface area contributed by atoms with E-state index in [0.29, 0.717) is 19.8 Å². The van der Waals surface area contributed by atoms with Crippen molar-refractivity contribution in [2.45, 2.75) is 55.3 Å². The smallest absolute Gasteiger partial charge is 0.302 e. The molecule has 0 spiro atoms. The lowest BCUT2D eigenvalue weighted by Gasteiger charge is -2.44. The van der Waals surface area contributed by atoms with Crippen LogP contribution in [0.5, 0.6) is 0 Å². The SMILES string of the molecule is CC(=O)OC[C@H]1O[C@H](I)[C@@H](OCc2ccccc2)[C@@H](OCc2ccccc2)[C@@H]1OCc1ccccc1. The Hall–Kier alpha value is -2.30. The van der Waals surface area contributed by atoms with Crippen molar-refractivity contribution in [3.8, 4) is 0 Å². The number of carbonyl (C=O) groups excluding carboxylic acids is 1. The molecule has 3 aromatic rings. The number of ether oxygens (including phenoxy) is 5. The van der Waals surface area contributed by atoms with Crippen LogP contribution >= 0.6 is 22.6 Å². The van der Waals surface area contributed by atoms with E-state index in [1.165, 1.54) is 6.92 Å². The highest BCUT2D eigenvalue weighted by molar-refractivity contribution is 14.1. The average Bonchev–Trinajstić information content (AvgIpc) is 2.91. The Labute approximate surface area is 226 Å². The molecule has 3 aromatic carbocycles. The third kappa shape index (κ3) is 7.85. The topological polar surface area (TPSA) is 63.2 Å². The Morgan fingerprint density at radius 3 is 1.56 bits per heavy atom. The van der Waals surface area contributed by atoms with Crippen molar-refractivity contribution in [1.82, 2.24) is 0 Å². The number of carbonyl (C=O) groups is 1. The molecule has 1 heterocycles. The van der Waals surface area contributed by atoms with E-state index in [1.807, 2.05) is 91.0 Å². The van der Waals surface area contributed by atoms with Gasteiger partial charge in [0.2, 0.25) is 0 Å². The van der Waals surface area contributed by atoms with Gasteiger partial charge in [-0.25, -0.2) is 0 Å². The molecule has 36 heavy (non-hydrogen) atoms. The molecule has 0 radical (unpaired) electrons. The molecular formula is C29H31IO6. The molecule has 0 N–H and O–H groups in total. The number of esters is 1. The number of hydrogen-bond donors (Lipinski definition) is 0. The lowest BCUT2D eigenvalue weighted by molar-refractivity contribution is -0.249. The highest BCUT2D eigenvalue weighted by atomic mass is 127. The molecule has 0 aromatic heterocycles. The van der Waals surface area contributed by atoms with Crippen molar-refractivity contribution in [1.29, 1.82) is 0 Å². The van der Waals surface area contributed by atoms with E-state index >= 15 is 0 Å². The minimum absolute atomic E-state index is 0.0743. The zero-order chi connectivity index (χ0) is 25.2. The molecule has 0 bridgehead atoms.